The number of nitriles is 1. The molecule has 0 saturated heterocycles. The molecule has 3 heterocycles. The van der Waals surface area contributed by atoms with Crippen molar-refractivity contribution in [3.8, 4) is 17.3 Å². The van der Waals surface area contributed by atoms with Gasteiger partial charge >= 0.3 is 0 Å². The number of nitrogens with zero attached hydrogens (tertiary/aromatic N) is 5. The summed E-state index contributed by atoms with van der Waals surface area (Å²) < 4.78 is 28.4. The van der Waals surface area contributed by atoms with E-state index in [0.717, 1.165) is 0 Å². The molecule has 3 aromatic rings. The molecule has 33 heavy (non-hydrogen) atoms. The van der Waals surface area contributed by atoms with E-state index >= 15 is 0 Å². The molecular formula is C22H25F2N7O2. The minimum absolute atomic E-state index is 0.142. The van der Waals surface area contributed by atoms with Gasteiger partial charge in [-0.1, -0.05) is 0 Å². The predicted octanol–water partition coefficient (Wildman–Crippen LogP) is 2.66. The van der Waals surface area contributed by atoms with Gasteiger partial charge in [0.25, 0.3) is 5.91 Å². The van der Waals surface area contributed by atoms with Crippen molar-refractivity contribution in [1.29, 1.82) is 5.26 Å². The topological polar surface area (TPSA) is 128 Å². The molecule has 0 spiro atoms. The molecule has 9 nitrogen and oxygen atoms in total. The summed E-state index contributed by atoms with van der Waals surface area (Å²) in [6, 6.07) is 3.32. The zero-order chi connectivity index (χ0) is 24.2. The minimum Gasteiger partial charge on any atom is -0.387 e. The molecule has 0 aromatic carbocycles. The van der Waals surface area contributed by atoms with Gasteiger partial charge < -0.3 is 15.7 Å². The average Bonchev–Trinajstić information content (AvgIpc) is 3.19. The number of hydrogen-bond acceptors (Lipinski definition) is 7. The van der Waals surface area contributed by atoms with Crippen molar-refractivity contribution in [3.05, 3.63) is 42.0 Å². The number of anilines is 1. The van der Waals surface area contributed by atoms with Crippen LogP contribution in [0.15, 0.2) is 30.9 Å². The highest BCUT2D eigenvalue weighted by Crippen LogP contribution is 2.27. The van der Waals surface area contributed by atoms with Crippen molar-refractivity contribution in [2.24, 2.45) is 0 Å². The Morgan fingerprint density at radius 2 is 2.09 bits per heavy atom. The van der Waals surface area contributed by atoms with Crippen molar-refractivity contribution in [2.75, 3.05) is 18.5 Å². The quantitative estimate of drug-likeness (QED) is 0.451. The molecule has 0 aliphatic carbocycles. The van der Waals surface area contributed by atoms with Gasteiger partial charge in [0.05, 0.1) is 59.3 Å². The van der Waals surface area contributed by atoms with E-state index < -0.39 is 24.4 Å². The summed E-state index contributed by atoms with van der Waals surface area (Å²) in [5.41, 5.74) is 0.748. The van der Waals surface area contributed by atoms with Crippen LogP contribution in [0.1, 0.15) is 43.1 Å². The highest BCUT2D eigenvalue weighted by Gasteiger charge is 2.27. The second-order valence-electron chi connectivity index (χ2n) is 8.25. The Balaban J connectivity index is 1.95. The van der Waals surface area contributed by atoms with Crippen LogP contribution in [0.5, 0.6) is 0 Å². The van der Waals surface area contributed by atoms with Gasteiger partial charge in [-0.3, -0.25) is 14.2 Å². The van der Waals surface area contributed by atoms with Gasteiger partial charge in [-0.15, -0.1) is 0 Å². The first-order valence-electron chi connectivity index (χ1n) is 10.3. The van der Waals surface area contributed by atoms with Crippen LogP contribution in [0.4, 0.5) is 14.5 Å². The lowest BCUT2D eigenvalue weighted by atomic mass is 10.0. The maximum Gasteiger partial charge on any atom is 0.255 e. The maximum atomic E-state index is 14.1. The smallest absolute Gasteiger partial charge is 0.255 e. The summed E-state index contributed by atoms with van der Waals surface area (Å²) >= 11 is 0. The zero-order valence-electron chi connectivity index (χ0n) is 18.5. The second kappa shape index (κ2) is 9.87. The normalized spacial score (nSPS) is 13.4. The summed E-state index contributed by atoms with van der Waals surface area (Å²) in [7, 11) is 0. The molecule has 3 N–H and O–H groups in total. The van der Waals surface area contributed by atoms with Gasteiger partial charge in [0.2, 0.25) is 0 Å². The summed E-state index contributed by atoms with van der Waals surface area (Å²) in [6.45, 7) is 3.48. The molecule has 1 amide bonds. The third-order valence-electron chi connectivity index (χ3n) is 5.06. The SMILES string of the molecule is CC(CCF)Nc1cc(-c2cnn3cc(C#N)cnc23)ncc1C(=O)NC[C@@H](F)C(C)(C)O. The Hall–Kier alpha value is -3.65. The van der Waals surface area contributed by atoms with E-state index in [4.69, 9.17) is 5.26 Å². The molecule has 0 aliphatic rings. The molecule has 0 radical (unpaired) electrons. The number of fused-ring (bicyclic) bond motifs is 1. The second-order valence-corrected chi connectivity index (χ2v) is 8.25. The van der Waals surface area contributed by atoms with Crippen LogP contribution in [0.2, 0.25) is 0 Å². The Morgan fingerprint density at radius 1 is 1.33 bits per heavy atom. The lowest BCUT2D eigenvalue weighted by molar-refractivity contribution is -0.00177. The standard InChI is InChI=1S/C22H25F2N7O2/c1-13(4-5-23)30-18-6-17(15-10-29-31-12-14(7-25)8-27-20(15)31)26-9-16(18)21(32)28-11-19(24)22(2,3)33/h6,8-10,12-13,19,33H,4-5,11H2,1-3H3,(H,26,30)(H,28,32)/t13?,19-/m1/s1. The van der Waals surface area contributed by atoms with Gasteiger partial charge in [0.1, 0.15) is 12.2 Å². The number of alkyl halides is 2. The first-order valence-corrected chi connectivity index (χ1v) is 10.3. The summed E-state index contributed by atoms with van der Waals surface area (Å²) in [4.78, 5) is 21.4. The van der Waals surface area contributed by atoms with Crippen molar-refractivity contribution in [1.82, 2.24) is 24.9 Å². The average molecular weight is 457 g/mol. The van der Waals surface area contributed by atoms with Crippen LogP contribution in [-0.2, 0) is 0 Å². The number of aliphatic hydroxyl groups is 1. The zero-order valence-corrected chi connectivity index (χ0v) is 18.5. The van der Waals surface area contributed by atoms with E-state index in [9.17, 15) is 18.7 Å². The number of amides is 1. The first kappa shape index (κ1) is 24.0. The molecule has 11 heteroatoms. The van der Waals surface area contributed by atoms with Gasteiger partial charge in [0, 0.05) is 18.4 Å². The van der Waals surface area contributed by atoms with E-state index in [0.29, 0.717) is 28.2 Å². The summed E-state index contributed by atoms with van der Waals surface area (Å²) in [5, 5.41) is 28.5. The molecule has 3 aromatic heterocycles. The van der Waals surface area contributed by atoms with E-state index in [1.165, 1.54) is 43.2 Å². The predicted molar refractivity (Wildman–Crippen MR) is 118 cm³/mol. The molecule has 0 bridgehead atoms. The molecule has 0 fully saturated rings. The number of halogens is 2. The number of rotatable bonds is 9. The highest BCUT2D eigenvalue weighted by molar-refractivity contribution is 6.00. The minimum atomic E-state index is -1.67. The molecule has 174 valence electrons. The third kappa shape index (κ3) is 5.59. The van der Waals surface area contributed by atoms with Crippen molar-refractivity contribution in [3.63, 3.8) is 0 Å². The van der Waals surface area contributed by atoms with Gasteiger partial charge in [0.15, 0.2) is 5.65 Å². The fourth-order valence-corrected chi connectivity index (χ4v) is 3.04. The van der Waals surface area contributed by atoms with Gasteiger partial charge in [-0.05, 0) is 33.3 Å². The van der Waals surface area contributed by atoms with Crippen LogP contribution < -0.4 is 10.6 Å². The number of hydrogen-bond donors (Lipinski definition) is 3. The number of aromatic nitrogens is 4. The Bertz CT molecular complexity index is 1180. The number of carbonyl (C=O) groups is 1. The van der Waals surface area contributed by atoms with Crippen LogP contribution in [0, 0.1) is 11.3 Å². The number of pyridine rings is 1. The summed E-state index contributed by atoms with van der Waals surface area (Å²) in [6.07, 6.45) is 4.38. The Morgan fingerprint density at radius 3 is 2.76 bits per heavy atom. The van der Waals surface area contributed by atoms with Crippen molar-refractivity contribution < 1.29 is 18.7 Å². The molecule has 0 saturated carbocycles. The molecule has 1 unspecified atom stereocenters. The first-order chi connectivity index (χ1) is 15.6. The highest BCUT2D eigenvalue weighted by atomic mass is 19.1. The number of carbonyl (C=O) groups excluding carboxylic acids is 1. The van der Waals surface area contributed by atoms with E-state index in [-0.39, 0.29) is 24.6 Å². The fourth-order valence-electron chi connectivity index (χ4n) is 3.04. The van der Waals surface area contributed by atoms with Gasteiger partial charge in [-0.25, -0.2) is 13.9 Å². The molecule has 2 atom stereocenters. The monoisotopic (exact) mass is 457 g/mol. The molecular weight excluding hydrogens is 432 g/mol. The molecule has 0 aliphatic heterocycles. The third-order valence-corrected chi connectivity index (χ3v) is 5.06. The maximum absolute atomic E-state index is 14.1. The van der Waals surface area contributed by atoms with Gasteiger partial charge in [-0.2, -0.15) is 10.4 Å². The lowest BCUT2D eigenvalue weighted by Crippen LogP contribution is -2.42. The van der Waals surface area contributed by atoms with Crippen LogP contribution in [0.25, 0.3) is 16.9 Å². The Kier molecular flexibility index (Phi) is 7.18. The van der Waals surface area contributed by atoms with Crippen LogP contribution in [0.3, 0.4) is 0 Å². The van der Waals surface area contributed by atoms with Crippen LogP contribution >= 0.6 is 0 Å². The Labute approximate surface area is 189 Å². The largest absolute Gasteiger partial charge is 0.387 e. The van der Waals surface area contributed by atoms with Crippen molar-refractivity contribution >= 4 is 17.2 Å². The van der Waals surface area contributed by atoms with Crippen molar-refractivity contribution in [2.45, 2.75) is 45.0 Å². The van der Waals surface area contributed by atoms with Crippen LogP contribution in [-0.4, -0.2) is 61.6 Å². The van der Waals surface area contributed by atoms with E-state index in [1.54, 1.807) is 13.0 Å². The van der Waals surface area contributed by atoms with E-state index in [2.05, 4.69) is 25.7 Å². The fraction of sp³-hybridized carbons (Fsp3) is 0.409. The summed E-state index contributed by atoms with van der Waals surface area (Å²) in [5.74, 6) is -0.590. The molecule has 3 rings (SSSR count). The number of nitrogens with one attached hydrogen (secondary N) is 2. The lowest BCUT2D eigenvalue weighted by Gasteiger charge is -2.23. The van der Waals surface area contributed by atoms with E-state index in [1.807, 2.05) is 6.07 Å².